The van der Waals surface area contributed by atoms with Crippen LogP contribution in [-0.4, -0.2) is 70.9 Å². The van der Waals surface area contributed by atoms with E-state index in [1.807, 2.05) is 17.2 Å². The van der Waals surface area contributed by atoms with Crippen molar-refractivity contribution in [1.29, 1.82) is 0 Å². The van der Waals surface area contributed by atoms with Crippen molar-refractivity contribution in [1.82, 2.24) is 25.1 Å². The highest BCUT2D eigenvalue weighted by molar-refractivity contribution is 5.85. The molecule has 0 radical (unpaired) electrons. The Labute approximate surface area is 180 Å². The Kier molecular flexibility index (Phi) is 5.79. The second kappa shape index (κ2) is 8.35. The van der Waals surface area contributed by atoms with Crippen molar-refractivity contribution in [2.45, 2.75) is 19.1 Å². The Bertz CT molecular complexity index is 1050. The molecule has 9 nitrogen and oxygen atoms in total. The van der Waals surface area contributed by atoms with E-state index in [-0.39, 0.29) is 30.6 Å². The fourth-order valence-electron chi connectivity index (χ4n) is 3.90. The molecule has 160 valence electrons. The van der Waals surface area contributed by atoms with Crippen molar-refractivity contribution in [3.05, 3.63) is 35.5 Å². The highest BCUT2D eigenvalue weighted by atomic mass is 35.5. The van der Waals surface area contributed by atoms with E-state index >= 15 is 0 Å². The van der Waals surface area contributed by atoms with Crippen LogP contribution < -0.4 is 15.0 Å². The Morgan fingerprint density at radius 1 is 1.20 bits per heavy atom. The van der Waals surface area contributed by atoms with Crippen LogP contribution in [-0.2, 0) is 4.74 Å². The molecule has 0 bridgehead atoms. The van der Waals surface area contributed by atoms with Crippen molar-refractivity contribution < 1.29 is 14.6 Å². The van der Waals surface area contributed by atoms with Crippen LogP contribution in [0, 0.1) is 6.92 Å². The first-order valence-electron chi connectivity index (χ1n) is 9.79. The molecule has 1 aromatic carbocycles. The predicted molar refractivity (Wildman–Crippen MR) is 115 cm³/mol. The van der Waals surface area contributed by atoms with E-state index in [0.717, 1.165) is 29.6 Å². The van der Waals surface area contributed by atoms with Gasteiger partial charge in [-0.2, -0.15) is 15.1 Å². The Morgan fingerprint density at radius 2 is 2.00 bits per heavy atom. The van der Waals surface area contributed by atoms with E-state index in [2.05, 4.69) is 39.4 Å². The molecule has 3 aromatic rings. The van der Waals surface area contributed by atoms with Crippen LogP contribution in [0.1, 0.15) is 17.2 Å². The van der Waals surface area contributed by atoms with Crippen molar-refractivity contribution in [3.63, 3.8) is 0 Å². The highest BCUT2D eigenvalue weighted by Gasteiger charge is 2.27. The van der Waals surface area contributed by atoms with Crippen molar-refractivity contribution in [3.8, 4) is 11.8 Å². The average molecular weight is 433 g/mol. The summed E-state index contributed by atoms with van der Waals surface area (Å²) in [7, 11) is 1.55. The lowest BCUT2D eigenvalue weighted by Crippen LogP contribution is -2.51. The quantitative estimate of drug-likeness (QED) is 0.638. The number of nitrogens with one attached hydrogen (secondary N) is 1. The van der Waals surface area contributed by atoms with Crippen LogP contribution in [0.25, 0.3) is 16.7 Å². The molecular formula is C20H25ClN6O3. The second-order valence-corrected chi connectivity index (χ2v) is 7.52. The third-order valence-electron chi connectivity index (χ3n) is 5.49. The van der Waals surface area contributed by atoms with Crippen molar-refractivity contribution in [2.24, 2.45) is 0 Å². The number of methoxy groups -OCH3 is 1. The minimum absolute atomic E-state index is 0. The first-order valence-corrected chi connectivity index (χ1v) is 9.79. The molecule has 10 heteroatoms. The predicted octanol–water partition coefficient (Wildman–Crippen LogP) is 1.40. The molecule has 4 heterocycles. The largest absolute Gasteiger partial charge is 0.467 e. The van der Waals surface area contributed by atoms with Gasteiger partial charge in [0.25, 0.3) is 0 Å². The zero-order valence-corrected chi connectivity index (χ0v) is 17.7. The van der Waals surface area contributed by atoms with E-state index in [9.17, 15) is 5.11 Å². The lowest BCUT2D eigenvalue weighted by molar-refractivity contribution is 0.0274. The van der Waals surface area contributed by atoms with Gasteiger partial charge < -0.3 is 24.8 Å². The lowest BCUT2D eigenvalue weighted by atomic mass is 10.0. The van der Waals surface area contributed by atoms with Gasteiger partial charge in [0, 0.05) is 37.6 Å². The standard InChI is InChI=1S/C20H24N6O3.ClH/c1-12-5-13-8-22-26(16(13)6-15(12)17-9-21-3-4-29-17)19-7-18(23-20(24-19)28-2)25-10-14(27)11-25;/h5-8,14,17,21,27H,3-4,9-11H2,1-2H3;1H. The summed E-state index contributed by atoms with van der Waals surface area (Å²) < 4.78 is 13.1. The zero-order chi connectivity index (χ0) is 20.0. The van der Waals surface area contributed by atoms with Crippen LogP contribution >= 0.6 is 12.4 Å². The molecule has 0 spiro atoms. The van der Waals surface area contributed by atoms with Crippen LogP contribution in [0.3, 0.4) is 0 Å². The van der Waals surface area contributed by atoms with E-state index < -0.39 is 0 Å². The topological polar surface area (TPSA) is 97.6 Å². The summed E-state index contributed by atoms with van der Waals surface area (Å²) in [5, 5.41) is 18.6. The average Bonchev–Trinajstić information content (AvgIpc) is 3.13. The number of benzene rings is 1. The maximum atomic E-state index is 9.63. The van der Waals surface area contributed by atoms with Gasteiger partial charge >= 0.3 is 6.01 Å². The molecule has 2 N–H and O–H groups in total. The molecular weight excluding hydrogens is 408 g/mol. The van der Waals surface area contributed by atoms with Gasteiger partial charge in [-0.25, -0.2) is 4.68 Å². The maximum absolute atomic E-state index is 9.63. The van der Waals surface area contributed by atoms with Crippen LogP contribution in [0.2, 0.25) is 0 Å². The second-order valence-electron chi connectivity index (χ2n) is 7.52. The molecule has 2 saturated heterocycles. The lowest BCUT2D eigenvalue weighted by Gasteiger charge is -2.36. The van der Waals surface area contributed by atoms with E-state index in [0.29, 0.717) is 31.3 Å². The van der Waals surface area contributed by atoms with E-state index in [4.69, 9.17) is 9.47 Å². The minimum atomic E-state index is -0.320. The molecule has 2 aliphatic rings. The van der Waals surface area contributed by atoms with Gasteiger partial charge in [0.2, 0.25) is 0 Å². The first-order chi connectivity index (χ1) is 14.1. The normalized spacial score (nSPS) is 19.4. The number of aliphatic hydroxyl groups excluding tert-OH is 1. The van der Waals surface area contributed by atoms with Gasteiger partial charge in [-0.1, -0.05) is 0 Å². The van der Waals surface area contributed by atoms with E-state index in [1.165, 1.54) is 5.56 Å². The fraction of sp³-hybridized carbons (Fsp3) is 0.450. The Hall–Kier alpha value is -2.46. The zero-order valence-electron chi connectivity index (χ0n) is 16.9. The van der Waals surface area contributed by atoms with Crippen molar-refractivity contribution in [2.75, 3.05) is 44.8 Å². The van der Waals surface area contributed by atoms with Gasteiger partial charge in [-0.05, 0) is 30.2 Å². The molecule has 5 rings (SSSR count). The summed E-state index contributed by atoms with van der Waals surface area (Å²) >= 11 is 0. The molecule has 0 saturated carbocycles. The molecule has 2 fully saturated rings. The number of aryl methyl sites for hydroxylation is 1. The summed E-state index contributed by atoms with van der Waals surface area (Å²) in [6.45, 7) is 5.58. The number of anilines is 1. The van der Waals surface area contributed by atoms with Gasteiger partial charge in [-0.3, -0.25) is 0 Å². The van der Waals surface area contributed by atoms with Gasteiger partial charge in [0.1, 0.15) is 5.82 Å². The number of fused-ring (bicyclic) bond motifs is 1. The minimum Gasteiger partial charge on any atom is -0.467 e. The smallest absolute Gasteiger partial charge is 0.320 e. The summed E-state index contributed by atoms with van der Waals surface area (Å²) in [6.07, 6.45) is 1.54. The summed E-state index contributed by atoms with van der Waals surface area (Å²) in [5.41, 5.74) is 3.29. The molecule has 2 aliphatic heterocycles. The number of aromatic nitrogens is 4. The van der Waals surface area contributed by atoms with Crippen molar-refractivity contribution >= 4 is 29.1 Å². The highest BCUT2D eigenvalue weighted by Crippen LogP contribution is 2.30. The van der Waals surface area contributed by atoms with Crippen LogP contribution in [0.5, 0.6) is 6.01 Å². The van der Waals surface area contributed by atoms with Gasteiger partial charge in [0.15, 0.2) is 5.82 Å². The van der Waals surface area contributed by atoms with E-state index in [1.54, 1.807) is 11.8 Å². The number of hydrogen-bond donors (Lipinski definition) is 2. The number of ether oxygens (including phenoxy) is 2. The Balaban J connectivity index is 0.00000218. The van der Waals surface area contributed by atoms with Gasteiger partial charge in [-0.15, -0.1) is 12.4 Å². The first kappa shape index (κ1) is 20.8. The monoisotopic (exact) mass is 432 g/mol. The fourth-order valence-corrected chi connectivity index (χ4v) is 3.90. The number of β-amino-alcohol motifs (C(OH)–C–C–N with tert-alkyl or cyclic N) is 1. The molecule has 1 unspecified atom stereocenters. The summed E-state index contributed by atoms with van der Waals surface area (Å²) in [5.74, 6) is 1.34. The molecule has 30 heavy (non-hydrogen) atoms. The molecule has 0 amide bonds. The third-order valence-corrected chi connectivity index (χ3v) is 5.49. The number of halogens is 1. The number of nitrogens with zero attached hydrogens (tertiary/aromatic N) is 5. The van der Waals surface area contributed by atoms with Crippen LogP contribution in [0.4, 0.5) is 5.82 Å². The third kappa shape index (κ3) is 3.69. The maximum Gasteiger partial charge on any atom is 0.320 e. The molecule has 0 aliphatic carbocycles. The number of hydrogen-bond acceptors (Lipinski definition) is 8. The summed E-state index contributed by atoms with van der Waals surface area (Å²) in [6, 6.07) is 6.42. The SMILES string of the molecule is COc1nc(N2CC(O)C2)cc(-n2ncc3cc(C)c(C4CNCCO4)cc32)n1.Cl. The number of aliphatic hydroxyl groups is 1. The van der Waals surface area contributed by atoms with Crippen LogP contribution in [0.15, 0.2) is 24.4 Å². The summed E-state index contributed by atoms with van der Waals surface area (Å²) in [4.78, 5) is 10.9. The van der Waals surface area contributed by atoms with Gasteiger partial charge in [0.05, 0.1) is 37.6 Å². The molecule has 2 aromatic heterocycles. The molecule has 1 atom stereocenters. The Morgan fingerprint density at radius 3 is 2.70 bits per heavy atom. The number of morpholine rings is 1. The number of rotatable bonds is 4.